The Hall–Kier alpha value is -4.14. The smallest absolute Gasteiger partial charge is 0.378 e. The van der Waals surface area contributed by atoms with Crippen LogP contribution in [0.25, 0.3) is 0 Å². The third-order valence-electron chi connectivity index (χ3n) is 11.7. The van der Waals surface area contributed by atoms with E-state index in [9.17, 15) is 37.6 Å². The number of thiocarbonyl (C=S) groups is 1. The molecule has 4 amide bonds. The van der Waals surface area contributed by atoms with E-state index in [-0.39, 0.29) is 77.6 Å². The maximum atomic E-state index is 13.7. The maximum absolute atomic E-state index is 13.7. The Labute approximate surface area is 348 Å². The maximum Gasteiger partial charge on any atom is 0.417 e. The van der Waals surface area contributed by atoms with E-state index in [1.54, 1.807) is 32.0 Å². The lowest BCUT2D eigenvalue weighted by Crippen LogP contribution is -2.58. The summed E-state index contributed by atoms with van der Waals surface area (Å²) in [6.45, 7) is 11.1. The Bertz CT molecular complexity index is 1910. The number of alkyl halides is 3. The van der Waals surface area contributed by atoms with Crippen molar-refractivity contribution < 1.29 is 37.1 Å². The van der Waals surface area contributed by atoms with Gasteiger partial charge in [0.1, 0.15) is 5.54 Å². The number of rotatable bonds is 11. The number of carbonyl (C=O) groups excluding carboxylic acids is 4. The van der Waals surface area contributed by atoms with Gasteiger partial charge in [-0.3, -0.25) is 34.3 Å². The molecule has 2 N–H and O–H groups in total. The third kappa shape index (κ3) is 9.82. The van der Waals surface area contributed by atoms with Crippen LogP contribution in [0.15, 0.2) is 42.5 Å². The number of benzene rings is 2. The van der Waals surface area contributed by atoms with E-state index < -0.39 is 28.7 Å². The number of nitrogens with one attached hydrogen (secondary N) is 2. The molecule has 0 bridgehead atoms. The second kappa shape index (κ2) is 18.4. The van der Waals surface area contributed by atoms with Crippen LogP contribution in [0.5, 0.6) is 0 Å². The Kier molecular flexibility index (Phi) is 14.3. The molecule has 6 rings (SSSR count). The summed E-state index contributed by atoms with van der Waals surface area (Å²) in [7, 11) is 0. The normalized spacial score (nSPS) is 25.6. The number of imide groups is 1. The molecule has 17 heteroatoms. The van der Waals surface area contributed by atoms with E-state index in [0.717, 1.165) is 74.3 Å². The first-order chi connectivity index (χ1) is 27.0. The van der Waals surface area contributed by atoms with Gasteiger partial charge in [0.05, 0.1) is 41.5 Å². The van der Waals surface area contributed by atoms with E-state index in [4.69, 9.17) is 17.0 Å². The number of piperidine rings is 1. The number of amides is 4. The first-order valence-corrected chi connectivity index (χ1v) is 20.0. The summed E-state index contributed by atoms with van der Waals surface area (Å²) >= 11 is 5.73. The van der Waals surface area contributed by atoms with E-state index in [1.165, 1.54) is 6.07 Å². The molecule has 1 aliphatic carbocycles. The Morgan fingerprint density at radius 2 is 1.67 bits per heavy atom. The fraction of sp³-hybridized carbons (Fsp3) is 0.561. The number of ether oxygens (including phenoxy) is 1. The molecule has 314 valence electrons. The summed E-state index contributed by atoms with van der Waals surface area (Å²) in [4.78, 5) is 58.0. The van der Waals surface area contributed by atoms with Crippen LogP contribution in [0.4, 0.5) is 24.5 Å². The average molecular weight is 846 g/mol. The second-order valence-electron chi connectivity index (χ2n) is 16.2. The lowest BCUT2D eigenvalue weighted by molar-refractivity contribution is -0.138. The van der Waals surface area contributed by atoms with Gasteiger partial charge in [0, 0.05) is 56.5 Å². The van der Waals surface area contributed by atoms with Crippen molar-refractivity contribution in [1.82, 2.24) is 20.0 Å². The molecule has 2 aromatic carbocycles. The third-order valence-corrected chi connectivity index (χ3v) is 12.1. The SMILES string of the molecule is C[C@@H]1CN(CCCO[C@H]2CC[C@H](N3C(=S)N(c4ccc(C#N)c(C(F)(F)F)c4)C(=O)C3(C)C)CC2)C[C@H](C)N1CC(=O)Nc1ccc(C2CCC(=O)NC2=O)cc1.Cl. The fourth-order valence-electron chi connectivity index (χ4n) is 8.80. The van der Waals surface area contributed by atoms with Crippen molar-refractivity contribution >= 4 is 64.7 Å². The minimum Gasteiger partial charge on any atom is -0.378 e. The number of halogens is 4. The summed E-state index contributed by atoms with van der Waals surface area (Å²) in [6.07, 6.45) is -0.101. The standard InChI is InChI=1S/C41H50F3N7O5S.ClH/c1-25-22-48(23-26(2)49(25)24-36(53)46-29-9-6-27(7-10-29)33-16-17-35(52)47-37(33)54)18-5-19-56-32-14-12-30(13-15-32)51-39(57)50(38(55)40(51,3)4)31-11-8-28(21-45)34(20-31)41(42,43)44;/h6-11,20,25-26,30,32-33H,5,12-19,22-24H2,1-4H3,(H,46,53)(H,47,52,54);1H/t25-,26+,30-,32-,33?;. The molecule has 3 aliphatic heterocycles. The van der Waals surface area contributed by atoms with Crippen molar-refractivity contribution in [1.29, 1.82) is 5.26 Å². The zero-order valence-electron chi connectivity index (χ0n) is 33.1. The molecule has 3 atom stereocenters. The topological polar surface area (TPSA) is 138 Å². The number of carbonyl (C=O) groups is 4. The molecular formula is C41H51ClF3N7O5S. The van der Waals surface area contributed by atoms with E-state index >= 15 is 0 Å². The molecule has 12 nitrogen and oxygen atoms in total. The van der Waals surface area contributed by atoms with Crippen LogP contribution in [-0.4, -0.2) is 106 Å². The summed E-state index contributed by atoms with van der Waals surface area (Å²) in [5.41, 5.74) is -1.22. The highest BCUT2D eigenvalue weighted by Gasteiger charge is 2.52. The number of nitrogens with zero attached hydrogens (tertiary/aromatic N) is 5. The summed E-state index contributed by atoms with van der Waals surface area (Å²) < 4.78 is 47.4. The van der Waals surface area contributed by atoms with Crippen molar-refractivity contribution in [2.75, 3.05) is 43.0 Å². The zero-order chi connectivity index (χ0) is 41.2. The van der Waals surface area contributed by atoms with Gasteiger partial charge < -0.3 is 19.9 Å². The Balaban J connectivity index is 0.00000641. The minimum atomic E-state index is -4.76. The largest absolute Gasteiger partial charge is 0.417 e. The molecule has 58 heavy (non-hydrogen) atoms. The summed E-state index contributed by atoms with van der Waals surface area (Å²) in [6, 6.07) is 12.3. The molecule has 3 saturated heterocycles. The van der Waals surface area contributed by atoms with Gasteiger partial charge in [-0.05, 0) is 114 Å². The molecule has 0 spiro atoms. The number of nitriles is 1. The van der Waals surface area contributed by atoms with Gasteiger partial charge in [-0.2, -0.15) is 18.4 Å². The first-order valence-electron chi connectivity index (χ1n) is 19.6. The highest BCUT2D eigenvalue weighted by atomic mass is 35.5. The van der Waals surface area contributed by atoms with Gasteiger partial charge in [0.2, 0.25) is 17.7 Å². The molecule has 1 saturated carbocycles. The molecule has 0 aromatic heterocycles. The van der Waals surface area contributed by atoms with Gasteiger partial charge >= 0.3 is 6.18 Å². The quantitative estimate of drug-likeness (QED) is 0.158. The van der Waals surface area contributed by atoms with Gasteiger partial charge in [0.25, 0.3) is 5.91 Å². The van der Waals surface area contributed by atoms with Crippen LogP contribution < -0.4 is 15.5 Å². The van der Waals surface area contributed by atoms with E-state index in [2.05, 4.69) is 34.3 Å². The zero-order valence-corrected chi connectivity index (χ0v) is 34.8. The molecule has 0 radical (unpaired) electrons. The molecule has 2 aromatic rings. The molecule has 1 unspecified atom stereocenters. The molecule has 3 heterocycles. The van der Waals surface area contributed by atoms with Gasteiger partial charge in [-0.1, -0.05) is 12.1 Å². The van der Waals surface area contributed by atoms with Gasteiger partial charge in [0.15, 0.2) is 5.11 Å². The van der Waals surface area contributed by atoms with E-state index in [1.807, 2.05) is 17.0 Å². The lowest BCUT2D eigenvalue weighted by atomic mass is 9.89. The van der Waals surface area contributed by atoms with Crippen LogP contribution >= 0.6 is 24.6 Å². The molecule has 4 aliphatic rings. The minimum absolute atomic E-state index is 0. The number of anilines is 2. The van der Waals surface area contributed by atoms with Crippen LogP contribution in [0, 0.1) is 11.3 Å². The van der Waals surface area contributed by atoms with Crippen LogP contribution in [0.3, 0.4) is 0 Å². The van der Waals surface area contributed by atoms with Crippen molar-refractivity contribution in [3.05, 3.63) is 59.2 Å². The highest BCUT2D eigenvalue weighted by Crippen LogP contribution is 2.41. The Morgan fingerprint density at radius 3 is 2.28 bits per heavy atom. The van der Waals surface area contributed by atoms with Crippen molar-refractivity contribution in [2.45, 2.75) is 115 Å². The predicted molar refractivity (Wildman–Crippen MR) is 218 cm³/mol. The summed E-state index contributed by atoms with van der Waals surface area (Å²) in [5.74, 6) is -1.43. The van der Waals surface area contributed by atoms with E-state index in [0.29, 0.717) is 25.1 Å². The van der Waals surface area contributed by atoms with Crippen molar-refractivity contribution in [3.63, 3.8) is 0 Å². The van der Waals surface area contributed by atoms with Gasteiger partial charge in [-0.25, -0.2) is 0 Å². The van der Waals surface area contributed by atoms with Crippen LogP contribution in [0.2, 0.25) is 0 Å². The predicted octanol–water partition coefficient (Wildman–Crippen LogP) is 5.98. The lowest BCUT2D eigenvalue weighted by Gasteiger charge is -2.44. The number of hydrogen-bond acceptors (Lipinski definition) is 9. The highest BCUT2D eigenvalue weighted by molar-refractivity contribution is 7.80. The van der Waals surface area contributed by atoms with Crippen molar-refractivity contribution in [2.24, 2.45) is 0 Å². The van der Waals surface area contributed by atoms with Gasteiger partial charge in [-0.15, -0.1) is 12.4 Å². The first kappa shape index (κ1) is 45.0. The fourth-order valence-corrected chi connectivity index (χ4v) is 9.36. The molecular weight excluding hydrogens is 795 g/mol. The van der Waals surface area contributed by atoms with Crippen molar-refractivity contribution in [3.8, 4) is 6.07 Å². The molecule has 4 fully saturated rings. The Morgan fingerprint density at radius 1 is 1.02 bits per heavy atom. The monoisotopic (exact) mass is 845 g/mol. The second-order valence-corrected chi connectivity index (χ2v) is 16.5. The summed E-state index contributed by atoms with van der Waals surface area (Å²) in [5, 5.41) is 14.7. The number of hydrogen-bond donors (Lipinski definition) is 2. The average Bonchev–Trinajstić information content (AvgIpc) is 3.33. The van der Waals surface area contributed by atoms with Crippen LogP contribution in [-0.2, 0) is 30.1 Å². The number of piperazine rings is 1. The van der Waals surface area contributed by atoms with Crippen LogP contribution in [0.1, 0.15) is 95.2 Å².